The minimum atomic E-state index is -3.83. The highest BCUT2D eigenvalue weighted by molar-refractivity contribution is 7.92. The van der Waals surface area contributed by atoms with Gasteiger partial charge >= 0.3 is 11.9 Å². The van der Waals surface area contributed by atoms with Crippen LogP contribution in [0.4, 0.5) is 10.1 Å². The highest BCUT2D eigenvalue weighted by Crippen LogP contribution is 2.46. The number of fused-ring (bicyclic) bond motifs is 1. The number of carbonyl (C=O) groups is 3. The molecular weight excluding hydrogens is 667 g/mol. The number of hydrogen-bond acceptors (Lipinski definition) is 8. The first kappa shape index (κ1) is 34.1. The van der Waals surface area contributed by atoms with E-state index in [0.29, 0.717) is 33.8 Å². The Labute approximate surface area is 287 Å². The van der Waals surface area contributed by atoms with Crippen LogP contribution in [0.1, 0.15) is 61.9 Å². The fourth-order valence-corrected chi connectivity index (χ4v) is 6.63. The van der Waals surface area contributed by atoms with E-state index in [2.05, 4.69) is 5.32 Å². The molecule has 0 radical (unpaired) electrons. The third-order valence-electron chi connectivity index (χ3n) is 8.19. The number of esters is 1. The van der Waals surface area contributed by atoms with Crippen LogP contribution in [0, 0.1) is 5.82 Å². The minimum Gasteiger partial charge on any atom is -0.478 e. The van der Waals surface area contributed by atoms with Gasteiger partial charge in [0.15, 0.2) is 0 Å². The lowest BCUT2D eigenvalue weighted by Gasteiger charge is -2.25. The number of carboxylic acid groups (broad SMARTS) is 1. The number of aromatic carboxylic acids is 1. The molecule has 1 fully saturated rings. The predicted octanol–water partition coefficient (Wildman–Crippen LogP) is 5.91. The maximum Gasteiger partial charge on any atom is 0.339 e. The van der Waals surface area contributed by atoms with Crippen molar-refractivity contribution in [2.75, 3.05) is 30.8 Å². The van der Waals surface area contributed by atoms with Crippen LogP contribution < -0.4 is 14.4 Å². The molecule has 12 nitrogen and oxygen atoms in total. The van der Waals surface area contributed by atoms with Crippen molar-refractivity contribution >= 4 is 44.5 Å². The molecule has 0 aliphatic heterocycles. The monoisotopic (exact) mass is 700 g/mol. The molecule has 0 atom stereocenters. The number of rotatable bonds is 13. The Morgan fingerprint density at radius 1 is 0.980 bits per heavy atom. The largest absolute Gasteiger partial charge is 0.478 e. The summed E-state index contributed by atoms with van der Waals surface area (Å²) in [5.74, 6) is -1.85. The van der Waals surface area contributed by atoms with Gasteiger partial charge in [0.2, 0.25) is 10.0 Å². The predicted molar refractivity (Wildman–Crippen MR) is 183 cm³/mol. The number of benzene rings is 4. The third kappa shape index (κ3) is 7.29. The van der Waals surface area contributed by atoms with E-state index in [-0.39, 0.29) is 54.0 Å². The number of carboxylic acids is 1. The lowest BCUT2D eigenvalue weighted by Crippen LogP contribution is -2.32. The second-order valence-corrected chi connectivity index (χ2v) is 13.7. The molecule has 0 bridgehead atoms. The van der Waals surface area contributed by atoms with Gasteiger partial charge in [-0.1, -0.05) is 12.1 Å². The van der Waals surface area contributed by atoms with Crippen LogP contribution in [-0.4, -0.2) is 67.6 Å². The summed E-state index contributed by atoms with van der Waals surface area (Å²) in [4.78, 5) is 37.4. The first-order valence-electron chi connectivity index (χ1n) is 15.7. The van der Waals surface area contributed by atoms with E-state index in [1.807, 2.05) is 6.07 Å². The van der Waals surface area contributed by atoms with Crippen molar-refractivity contribution in [3.8, 4) is 17.2 Å². The van der Waals surface area contributed by atoms with Crippen LogP contribution in [0.25, 0.3) is 16.6 Å². The van der Waals surface area contributed by atoms with Crippen molar-refractivity contribution in [1.29, 1.82) is 0 Å². The van der Waals surface area contributed by atoms with E-state index in [4.69, 9.17) is 14.6 Å². The lowest BCUT2D eigenvalue weighted by molar-refractivity contribution is 0.0492. The van der Waals surface area contributed by atoms with Gasteiger partial charge in [-0.25, -0.2) is 27.1 Å². The molecule has 14 heteroatoms. The zero-order chi connectivity index (χ0) is 35.6. The molecule has 0 unspecified atom stereocenters. The molecule has 1 aliphatic rings. The zero-order valence-electron chi connectivity index (χ0n) is 27.1. The molecule has 1 aliphatic carbocycles. The first-order chi connectivity index (χ1) is 23.9. The standard InChI is InChI=1S/C36H33FN4O8S/c1-38-34(42)33-30-20-29(22-8-9-22)32(40(50(2,46)47)18-5-19-48-36(45)28-7-4-3-6-27(28)35(43)44)21-31(30)39-41(33)24-12-16-26(17-13-24)49-25-14-10-23(37)11-15-25/h3-4,6-7,10-17,20-22H,5,8-9,18-19H2,1-2H3,(H,38,42)(H,43,44). The number of nitrogens with zero attached hydrogens (tertiary/aromatic N) is 3. The lowest BCUT2D eigenvalue weighted by atomic mass is 10.0. The van der Waals surface area contributed by atoms with Crippen molar-refractivity contribution in [2.45, 2.75) is 25.2 Å². The van der Waals surface area contributed by atoms with Gasteiger partial charge in [-0.15, -0.1) is 0 Å². The molecule has 1 aromatic heterocycles. The maximum atomic E-state index is 13.3. The van der Waals surface area contributed by atoms with Gasteiger partial charge in [-0.2, -0.15) is 5.10 Å². The molecule has 1 amide bonds. The van der Waals surface area contributed by atoms with E-state index < -0.39 is 22.0 Å². The summed E-state index contributed by atoms with van der Waals surface area (Å²) in [6, 6.07) is 21.6. The molecule has 50 heavy (non-hydrogen) atoms. The normalized spacial score (nSPS) is 12.8. The Morgan fingerprint density at radius 2 is 1.62 bits per heavy atom. The number of ether oxygens (including phenoxy) is 2. The minimum absolute atomic E-state index is 0.0313. The summed E-state index contributed by atoms with van der Waals surface area (Å²) >= 11 is 0. The van der Waals surface area contributed by atoms with Gasteiger partial charge in [0.05, 0.1) is 40.9 Å². The van der Waals surface area contributed by atoms with E-state index in [0.717, 1.165) is 24.7 Å². The number of amides is 1. The van der Waals surface area contributed by atoms with Gasteiger partial charge in [0, 0.05) is 25.4 Å². The topological polar surface area (TPSA) is 157 Å². The fraction of sp³-hybridized carbons (Fsp3) is 0.222. The molecule has 5 aromatic rings. The second-order valence-electron chi connectivity index (χ2n) is 11.8. The fourth-order valence-electron chi connectivity index (χ4n) is 5.66. The van der Waals surface area contributed by atoms with Gasteiger partial charge in [0.1, 0.15) is 23.0 Å². The molecule has 6 rings (SSSR count). The number of aromatic nitrogens is 2. The third-order valence-corrected chi connectivity index (χ3v) is 9.37. The number of halogens is 1. The molecule has 0 spiro atoms. The van der Waals surface area contributed by atoms with E-state index >= 15 is 0 Å². The van der Waals surface area contributed by atoms with Crippen LogP contribution in [0.15, 0.2) is 84.9 Å². The first-order valence-corrected chi connectivity index (χ1v) is 17.6. The summed E-state index contributed by atoms with van der Waals surface area (Å²) < 4.78 is 53.6. The number of anilines is 1. The number of nitrogens with one attached hydrogen (secondary N) is 1. The Hall–Kier alpha value is -5.76. The average Bonchev–Trinajstić information content (AvgIpc) is 3.88. The SMILES string of the molecule is CNC(=O)c1c2cc(C3CC3)c(N(CCCOC(=O)c3ccccc3C(=O)O)S(C)(=O)=O)cc2nn1-c1ccc(Oc2ccc(F)cc2)cc1. The molecule has 258 valence electrons. The van der Waals surface area contributed by atoms with E-state index in [1.54, 1.807) is 30.3 Å². The number of carbonyl (C=O) groups excluding carboxylic acids is 2. The number of sulfonamides is 1. The summed E-state index contributed by atoms with van der Waals surface area (Å²) in [5, 5.41) is 17.3. The highest BCUT2D eigenvalue weighted by atomic mass is 32.2. The second kappa shape index (κ2) is 14.0. The smallest absolute Gasteiger partial charge is 0.339 e. The van der Waals surface area contributed by atoms with E-state index in [1.165, 1.54) is 64.6 Å². The van der Waals surface area contributed by atoms with Gasteiger partial charge in [0.25, 0.3) is 5.91 Å². The zero-order valence-corrected chi connectivity index (χ0v) is 27.9. The molecular formula is C36H33FN4O8S. The Morgan fingerprint density at radius 3 is 2.22 bits per heavy atom. The Balaban J connectivity index is 1.30. The summed E-state index contributed by atoms with van der Waals surface area (Å²) in [7, 11) is -2.31. The molecule has 0 saturated heterocycles. The van der Waals surface area contributed by atoms with Crippen LogP contribution in [0.2, 0.25) is 0 Å². The van der Waals surface area contributed by atoms with E-state index in [9.17, 15) is 32.3 Å². The molecule has 1 saturated carbocycles. The Kier molecular flexibility index (Phi) is 9.55. The quantitative estimate of drug-likeness (QED) is 0.113. The molecule has 1 heterocycles. The summed E-state index contributed by atoms with van der Waals surface area (Å²) in [6.07, 6.45) is 2.90. The summed E-state index contributed by atoms with van der Waals surface area (Å²) in [6.45, 7) is -0.188. The van der Waals surface area contributed by atoms with Crippen LogP contribution >= 0.6 is 0 Å². The van der Waals surface area contributed by atoms with Gasteiger partial charge in [-0.3, -0.25) is 9.10 Å². The maximum absolute atomic E-state index is 13.3. The van der Waals surface area contributed by atoms with Crippen molar-refractivity contribution in [3.63, 3.8) is 0 Å². The van der Waals surface area contributed by atoms with Crippen LogP contribution in [0.3, 0.4) is 0 Å². The van der Waals surface area contributed by atoms with Crippen molar-refractivity contribution in [1.82, 2.24) is 15.1 Å². The number of hydrogen-bond donors (Lipinski definition) is 2. The molecule has 2 N–H and O–H groups in total. The van der Waals surface area contributed by atoms with Gasteiger partial charge < -0.3 is 19.9 Å². The molecule has 4 aromatic carbocycles. The average molecular weight is 701 g/mol. The van der Waals surface area contributed by atoms with Crippen LogP contribution in [0.5, 0.6) is 11.5 Å². The summed E-state index contributed by atoms with van der Waals surface area (Å²) in [5.41, 5.74) is 2.08. The Bertz CT molecular complexity index is 2200. The van der Waals surface area contributed by atoms with Gasteiger partial charge in [-0.05, 0) is 97.1 Å². The van der Waals surface area contributed by atoms with Crippen LogP contribution in [-0.2, 0) is 14.8 Å². The highest BCUT2D eigenvalue weighted by Gasteiger charge is 2.32. The van der Waals surface area contributed by atoms with Crippen molar-refractivity contribution in [3.05, 3.63) is 113 Å². The van der Waals surface area contributed by atoms with Crippen molar-refractivity contribution < 1.29 is 41.8 Å². The van der Waals surface area contributed by atoms with Crippen molar-refractivity contribution in [2.24, 2.45) is 0 Å².